The molecular formula is C45H50O15. The Bertz CT molecular complexity index is 1850. The first kappa shape index (κ1) is 47.5. The van der Waals surface area contributed by atoms with Gasteiger partial charge < -0.3 is 42.6 Å². The first-order valence-corrected chi connectivity index (χ1v) is 19.1. The molecule has 0 aliphatic rings. The summed E-state index contributed by atoms with van der Waals surface area (Å²) in [6, 6.07) is 19.5. The van der Waals surface area contributed by atoms with Crippen LogP contribution < -0.4 is 14.2 Å². The van der Waals surface area contributed by atoms with Gasteiger partial charge in [-0.3, -0.25) is 14.4 Å². The monoisotopic (exact) mass is 830 g/mol. The molecule has 15 heteroatoms. The summed E-state index contributed by atoms with van der Waals surface area (Å²) in [6.45, 7) is 16.0. The number of ether oxygens (including phenoxy) is 9. The Labute approximate surface area is 348 Å². The predicted molar refractivity (Wildman–Crippen MR) is 218 cm³/mol. The molecule has 15 nitrogen and oxygen atoms in total. The van der Waals surface area contributed by atoms with Gasteiger partial charge in [-0.25, -0.2) is 14.4 Å². The molecule has 0 atom stereocenters. The largest absolute Gasteiger partial charge is 0.493 e. The fraction of sp³-hybridized carbons (Fsp3) is 0.333. The van der Waals surface area contributed by atoms with Crippen molar-refractivity contribution in [2.75, 3.05) is 52.9 Å². The molecule has 0 aromatic heterocycles. The molecule has 0 fully saturated rings. The average Bonchev–Trinajstić information content (AvgIpc) is 3.24. The normalized spacial score (nSPS) is 10.4. The number of hydrogen-bond donors (Lipinski definition) is 0. The van der Waals surface area contributed by atoms with E-state index >= 15 is 0 Å². The Hall–Kier alpha value is -6.90. The third-order valence-corrected chi connectivity index (χ3v) is 8.06. The Balaban J connectivity index is 1.50. The van der Waals surface area contributed by atoms with Crippen molar-refractivity contribution in [3.63, 3.8) is 0 Å². The van der Waals surface area contributed by atoms with Crippen molar-refractivity contribution in [2.24, 2.45) is 0 Å². The van der Waals surface area contributed by atoms with E-state index in [0.717, 1.165) is 0 Å². The summed E-state index contributed by atoms with van der Waals surface area (Å²) in [6.07, 6.45) is -1.67. The highest BCUT2D eigenvalue weighted by molar-refractivity contribution is 6.16. The molecule has 0 heterocycles. The fourth-order valence-electron chi connectivity index (χ4n) is 4.90. The molecule has 3 aromatic rings. The third kappa shape index (κ3) is 16.5. The zero-order valence-corrected chi connectivity index (χ0v) is 34.0. The van der Waals surface area contributed by atoms with Gasteiger partial charge in [0.25, 0.3) is 0 Å². The van der Waals surface area contributed by atoms with Crippen molar-refractivity contribution in [3.8, 4) is 17.2 Å². The van der Waals surface area contributed by atoms with Gasteiger partial charge in [0.05, 0.1) is 75.6 Å². The molecule has 3 aromatic carbocycles. The molecule has 0 saturated carbocycles. The first-order chi connectivity index (χ1) is 28.8. The van der Waals surface area contributed by atoms with Gasteiger partial charge in [0.2, 0.25) is 0 Å². The van der Waals surface area contributed by atoms with Crippen molar-refractivity contribution in [1.29, 1.82) is 0 Å². The van der Waals surface area contributed by atoms with Crippen LogP contribution in [0.2, 0.25) is 0 Å². The van der Waals surface area contributed by atoms with Gasteiger partial charge in [-0.1, -0.05) is 56.1 Å². The predicted octanol–water partition coefficient (Wildman–Crippen LogP) is 6.12. The van der Waals surface area contributed by atoms with Gasteiger partial charge in [0, 0.05) is 0 Å². The topological polar surface area (TPSA) is 185 Å². The quantitative estimate of drug-likeness (QED) is 0.0511. The van der Waals surface area contributed by atoms with Gasteiger partial charge in [-0.05, 0) is 73.9 Å². The van der Waals surface area contributed by atoms with Gasteiger partial charge in [-0.2, -0.15) is 0 Å². The summed E-state index contributed by atoms with van der Waals surface area (Å²) in [7, 11) is 0. The average molecular weight is 831 g/mol. The minimum absolute atomic E-state index is 0.0470. The Morgan fingerprint density at radius 1 is 0.433 bits per heavy atom. The molecule has 0 bridgehead atoms. The van der Waals surface area contributed by atoms with Crippen LogP contribution in [-0.2, 0) is 57.2 Å². The maximum absolute atomic E-state index is 12.8. The van der Waals surface area contributed by atoms with E-state index < -0.39 is 55.1 Å². The lowest BCUT2D eigenvalue weighted by molar-refractivity contribution is -0.167. The summed E-state index contributed by atoms with van der Waals surface area (Å²) in [4.78, 5) is 73.8. The molecular weight excluding hydrogens is 780 g/mol. The van der Waals surface area contributed by atoms with Crippen LogP contribution in [0.5, 0.6) is 17.2 Å². The third-order valence-electron chi connectivity index (χ3n) is 8.06. The van der Waals surface area contributed by atoms with E-state index in [-0.39, 0.29) is 75.6 Å². The van der Waals surface area contributed by atoms with E-state index in [0.29, 0.717) is 33.9 Å². The number of carbonyl (C=O) groups excluding carboxylic acids is 6. The first-order valence-electron chi connectivity index (χ1n) is 19.1. The van der Waals surface area contributed by atoms with Gasteiger partial charge in [-0.15, -0.1) is 0 Å². The van der Waals surface area contributed by atoms with Crippen LogP contribution in [0.15, 0.2) is 92.5 Å². The second kappa shape index (κ2) is 25.5. The fourth-order valence-corrected chi connectivity index (χ4v) is 4.90. The molecule has 0 amide bonds. The van der Waals surface area contributed by atoms with Crippen molar-refractivity contribution < 1.29 is 71.4 Å². The van der Waals surface area contributed by atoms with E-state index in [1.807, 2.05) is 0 Å². The summed E-state index contributed by atoms with van der Waals surface area (Å²) < 4.78 is 47.9. The van der Waals surface area contributed by atoms with E-state index in [2.05, 4.69) is 19.7 Å². The minimum atomic E-state index is -1.15. The Morgan fingerprint density at radius 3 is 1.00 bits per heavy atom. The number of rotatable bonds is 26. The van der Waals surface area contributed by atoms with Crippen LogP contribution in [0, 0.1) is 0 Å². The minimum Gasteiger partial charge on any atom is -0.493 e. The van der Waals surface area contributed by atoms with Crippen LogP contribution in [0.4, 0.5) is 0 Å². The van der Waals surface area contributed by atoms with E-state index in [1.54, 1.807) is 93.6 Å². The molecule has 0 aliphatic carbocycles. The van der Waals surface area contributed by atoms with Crippen molar-refractivity contribution in [3.05, 3.63) is 109 Å². The maximum Gasteiger partial charge on any atom is 0.338 e. The molecule has 0 saturated heterocycles. The molecule has 320 valence electrons. The smallest absolute Gasteiger partial charge is 0.338 e. The zero-order valence-electron chi connectivity index (χ0n) is 34.0. The summed E-state index contributed by atoms with van der Waals surface area (Å²) in [5.74, 6) is -2.36. The standard InChI is InChI=1S/C45H50O15/c1-7-52-43(49)30(4)33-10-16-36(17-11-33)55-25-22-40(46)58-28-39(60-42(48)24-27-57-38-20-14-35(15-21-38)32(6)45(51)54-9-3)29-59-41(47)23-26-56-37-18-12-34(13-19-37)31(5)44(50)53-8-2/h10-21,39H,4-9,22-29H2,1-3H3. The van der Waals surface area contributed by atoms with Crippen LogP contribution in [-0.4, -0.2) is 94.8 Å². The molecule has 0 unspecified atom stereocenters. The highest BCUT2D eigenvalue weighted by Crippen LogP contribution is 2.21. The molecule has 60 heavy (non-hydrogen) atoms. The lowest BCUT2D eigenvalue weighted by atomic mass is 10.1. The zero-order chi connectivity index (χ0) is 43.9. The maximum atomic E-state index is 12.8. The summed E-state index contributed by atoms with van der Waals surface area (Å²) >= 11 is 0. The van der Waals surface area contributed by atoms with Crippen LogP contribution in [0.25, 0.3) is 16.7 Å². The molecule has 3 rings (SSSR count). The second-order valence-corrected chi connectivity index (χ2v) is 12.4. The molecule has 0 spiro atoms. The number of hydrogen-bond acceptors (Lipinski definition) is 15. The van der Waals surface area contributed by atoms with Gasteiger partial charge in [0.1, 0.15) is 30.5 Å². The highest BCUT2D eigenvalue weighted by Gasteiger charge is 2.21. The molecule has 0 N–H and O–H groups in total. The number of esters is 6. The Morgan fingerprint density at radius 2 is 0.717 bits per heavy atom. The molecule has 0 aliphatic heterocycles. The lowest BCUT2D eigenvalue weighted by Gasteiger charge is -2.18. The number of carbonyl (C=O) groups is 6. The van der Waals surface area contributed by atoms with Crippen molar-refractivity contribution >= 4 is 52.5 Å². The summed E-state index contributed by atoms with van der Waals surface area (Å²) in [5.41, 5.74) is 2.24. The van der Waals surface area contributed by atoms with Gasteiger partial charge in [0.15, 0.2) is 6.10 Å². The van der Waals surface area contributed by atoms with Crippen molar-refractivity contribution in [2.45, 2.75) is 46.1 Å². The van der Waals surface area contributed by atoms with E-state index in [4.69, 9.17) is 42.6 Å². The van der Waals surface area contributed by atoms with Crippen LogP contribution in [0.3, 0.4) is 0 Å². The highest BCUT2D eigenvalue weighted by atomic mass is 16.6. The van der Waals surface area contributed by atoms with Crippen LogP contribution >= 0.6 is 0 Å². The Kier molecular flexibility index (Phi) is 20.1. The van der Waals surface area contributed by atoms with E-state index in [1.165, 1.54) is 0 Å². The SMILES string of the molecule is C=C(C(=O)OCC)c1ccc(OCCC(=O)OCC(COC(=O)CCOc2ccc(C(=C)C(=O)OCC)cc2)OC(=O)CCOc2ccc(C(=C)C(=O)OCC)cc2)cc1. The second-order valence-electron chi connectivity index (χ2n) is 12.4. The van der Waals surface area contributed by atoms with Crippen LogP contribution in [0.1, 0.15) is 56.7 Å². The summed E-state index contributed by atoms with van der Waals surface area (Å²) in [5, 5.41) is 0. The van der Waals surface area contributed by atoms with Crippen molar-refractivity contribution in [1.82, 2.24) is 0 Å². The number of benzene rings is 3. The van der Waals surface area contributed by atoms with Gasteiger partial charge >= 0.3 is 35.8 Å². The molecule has 0 radical (unpaired) electrons. The lowest BCUT2D eigenvalue weighted by Crippen LogP contribution is -2.31. The van der Waals surface area contributed by atoms with E-state index in [9.17, 15) is 28.8 Å².